The van der Waals surface area contributed by atoms with Crippen molar-refractivity contribution < 1.29 is 9.59 Å². The normalized spacial score (nSPS) is 16.3. The third-order valence-corrected chi connectivity index (χ3v) is 8.14. The Morgan fingerprint density at radius 2 is 1.98 bits per heavy atom. The SMILES string of the molecule is CCNC(=O)N1CCC(c2ccc(Nc3ncc(Cl)c(NCc4cccc5c4C(C)(C)C(=O)N5)n3)c(C)c2)CC1. The van der Waals surface area contributed by atoms with Gasteiger partial charge in [0.1, 0.15) is 5.02 Å². The third-order valence-electron chi connectivity index (χ3n) is 7.86. The summed E-state index contributed by atoms with van der Waals surface area (Å²) in [4.78, 5) is 35.5. The first-order valence-electron chi connectivity index (χ1n) is 13.8. The fourth-order valence-corrected chi connectivity index (χ4v) is 5.75. The Morgan fingerprint density at radius 3 is 2.70 bits per heavy atom. The molecule has 2 aromatic carbocycles. The van der Waals surface area contributed by atoms with Gasteiger partial charge in [0.05, 0.1) is 11.6 Å². The molecule has 3 amide bonds. The van der Waals surface area contributed by atoms with Gasteiger partial charge in [-0.2, -0.15) is 4.98 Å². The zero-order chi connectivity index (χ0) is 28.4. The van der Waals surface area contributed by atoms with Crippen molar-refractivity contribution in [3.8, 4) is 0 Å². The van der Waals surface area contributed by atoms with E-state index in [0.29, 0.717) is 35.8 Å². The van der Waals surface area contributed by atoms with Crippen molar-refractivity contribution in [1.29, 1.82) is 0 Å². The lowest BCUT2D eigenvalue weighted by Gasteiger charge is -2.32. The molecule has 3 heterocycles. The number of carbonyl (C=O) groups excluding carboxylic acids is 2. The fourth-order valence-electron chi connectivity index (χ4n) is 5.59. The van der Waals surface area contributed by atoms with E-state index in [4.69, 9.17) is 11.6 Å². The molecular weight excluding hydrogens is 526 g/mol. The van der Waals surface area contributed by atoms with Crippen molar-refractivity contribution in [2.45, 2.75) is 58.4 Å². The number of urea groups is 1. The van der Waals surface area contributed by atoms with Crippen molar-refractivity contribution >= 4 is 46.7 Å². The molecule has 9 nitrogen and oxygen atoms in total. The minimum atomic E-state index is -0.611. The number of carbonyl (C=O) groups is 2. The Morgan fingerprint density at radius 1 is 1.20 bits per heavy atom. The number of aryl methyl sites for hydroxylation is 1. The summed E-state index contributed by atoms with van der Waals surface area (Å²) in [6.07, 6.45) is 3.48. The first kappa shape index (κ1) is 27.7. The molecule has 1 saturated heterocycles. The Labute approximate surface area is 240 Å². The summed E-state index contributed by atoms with van der Waals surface area (Å²) in [7, 11) is 0. The molecule has 1 aromatic heterocycles. The summed E-state index contributed by atoms with van der Waals surface area (Å²) in [5.74, 6) is 1.37. The monoisotopic (exact) mass is 561 g/mol. The summed E-state index contributed by atoms with van der Waals surface area (Å²) in [5, 5.41) is 12.9. The van der Waals surface area contributed by atoms with Crippen molar-refractivity contribution in [3.05, 3.63) is 69.9 Å². The van der Waals surface area contributed by atoms with Crippen LogP contribution in [0.15, 0.2) is 42.6 Å². The van der Waals surface area contributed by atoms with Crippen molar-refractivity contribution in [3.63, 3.8) is 0 Å². The molecule has 0 radical (unpaired) electrons. The number of aromatic nitrogens is 2. The van der Waals surface area contributed by atoms with Gasteiger partial charge in [0.15, 0.2) is 5.82 Å². The number of benzene rings is 2. The predicted octanol–water partition coefficient (Wildman–Crippen LogP) is 5.93. The van der Waals surface area contributed by atoms with Crippen LogP contribution in [0.2, 0.25) is 5.02 Å². The quantitative estimate of drug-likeness (QED) is 0.284. The number of fused-ring (bicyclic) bond motifs is 1. The van der Waals surface area contributed by atoms with E-state index in [1.165, 1.54) is 5.56 Å². The molecule has 4 N–H and O–H groups in total. The average molecular weight is 562 g/mol. The smallest absolute Gasteiger partial charge is 0.317 e. The Bertz CT molecular complexity index is 1430. The number of anilines is 4. The van der Waals surface area contributed by atoms with Crippen LogP contribution in [0, 0.1) is 6.92 Å². The van der Waals surface area contributed by atoms with Crippen LogP contribution < -0.4 is 21.3 Å². The standard InChI is InChI=1S/C30H36ClN7O2/c1-5-32-29(40)38-13-11-19(12-14-38)20-9-10-23(18(2)15-20)36-28-34-17-22(31)26(37-28)33-16-21-7-6-8-24-25(21)30(3,4)27(39)35-24/h6-10,15,17,19H,5,11-14,16H2,1-4H3,(H,32,40)(H,35,39)(H2,33,34,36,37). The van der Waals surface area contributed by atoms with E-state index in [2.05, 4.69) is 56.4 Å². The number of hydrogen-bond acceptors (Lipinski definition) is 6. The zero-order valence-corrected chi connectivity index (χ0v) is 24.2. The molecule has 210 valence electrons. The molecule has 0 saturated carbocycles. The van der Waals surface area contributed by atoms with Crippen LogP contribution in [-0.2, 0) is 16.8 Å². The summed E-state index contributed by atoms with van der Waals surface area (Å²) in [6.45, 7) is 10.5. The number of likely N-dealkylation sites (tertiary alicyclic amines) is 1. The maximum atomic E-state index is 12.5. The fraction of sp³-hybridized carbons (Fsp3) is 0.400. The summed E-state index contributed by atoms with van der Waals surface area (Å²) in [5.41, 5.74) is 5.52. The zero-order valence-electron chi connectivity index (χ0n) is 23.4. The van der Waals surface area contributed by atoms with E-state index in [0.717, 1.165) is 54.0 Å². The molecule has 0 bridgehead atoms. The molecular formula is C30H36ClN7O2. The van der Waals surface area contributed by atoms with E-state index in [-0.39, 0.29) is 11.9 Å². The van der Waals surface area contributed by atoms with Gasteiger partial charge in [-0.15, -0.1) is 0 Å². The van der Waals surface area contributed by atoms with E-state index >= 15 is 0 Å². The lowest BCUT2D eigenvalue weighted by atomic mass is 9.83. The highest BCUT2D eigenvalue weighted by molar-refractivity contribution is 6.32. The lowest BCUT2D eigenvalue weighted by molar-refractivity contribution is -0.119. The van der Waals surface area contributed by atoms with Gasteiger partial charge in [0, 0.05) is 37.6 Å². The van der Waals surface area contributed by atoms with Gasteiger partial charge >= 0.3 is 6.03 Å². The van der Waals surface area contributed by atoms with Gasteiger partial charge in [-0.1, -0.05) is 35.9 Å². The summed E-state index contributed by atoms with van der Waals surface area (Å²) < 4.78 is 0. The van der Waals surface area contributed by atoms with E-state index in [9.17, 15) is 9.59 Å². The molecule has 10 heteroatoms. The van der Waals surface area contributed by atoms with E-state index in [1.54, 1.807) is 6.20 Å². The number of amides is 3. The highest BCUT2D eigenvalue weighted by Crippen LogP contribution is 2.40. The van der Waals surface area contributed by atoms with Crippen LogP contribution in [0.1, 0.15) is 61.8 Å². The van der Waals surface area contributed by atoms with Gasteiger partial charge in [0.25, 0.3) is 0 Å². The Balaban J connectivity index is 1.25. The van der Waals surface area contributed by atoms with Crippen LogP contribution in [0.25, 0.3) is 0 Å². The minimum absolute atomic E-state index is 0.00673. The maximum absolute atomic E-state index is 12.5. The number of hydrogen-bond donors (Lipinski definition) is 4. The molecule has 2 aliphatic heterocycles. The van der Waals surface area contributed by atoms with Gasteiger partial charge in [-0.3, -0.25) is 4.79 Å². The van der Waals surface area contributed by atoms with Crippen LogP contribution in [-0.4, -0.2) is 46.4 Å². The van der Waals surface area contributed by atoms with Crippen LogP contribution in [0.5, 0.6) is 0 Å². The van der Waals surface area contributed by atoms with E-state index < -0.39 is 5.41 Å². The molecule has 0 unspecified atom stereocenters. The van der Waals surface area contributed by atoms with Crippen molar-refractivity contribution in [2.75, 3.05) is 35.6 Å². The molecule has 0 aliphatic carbocycles. The topological polar surface area (TPSA) is 111 Å². The molecule has 0 spiro atoms. The molecule has 1 fully saturated rings. The first-order chi connectivity index (χ1) is 19.2. The molecule has 0 atom stereocenters. The highest BCUT2D eigenvalue weighted by Gasteiger charge is 2.39. The Kier molecular flexibility index (Phi) is 7.85. The number of rotatable bonds is 7. The molecule has 5 rings (SSSR count). The third kappa shape index (κ3) is 5.56. The number of halogens is 1. The Hall–Kier alpha value is -3.85. The van der Waals surface area contributed by atoms with Gasteiger partial charge in [-0.25, -0.2) is 9.78 Å². The van der Waals surface area contributed by atoms with Crippen molar-refractivity contribution in [1.82, 2.24) is 20.2 Å². The number of nitrogens with one attached hydrogen (secondary N) is 4. The predicted molar refractivity (Wildman–Crippen MR) is 160 cm³/mol. The van der Waals surface area contributed by atoms with Gasteiger partial charge in [-0.05, 0) is 80.8 Å². The first-order valence-corrected chi connectivity index (χ1v) is 14.2. The molecule has 2 aliphatic rings. The second kappa shape index (κ2) is 11.3. The largest absolute Gasteiger partial charge is 0.365 e. The second-order valence-electron chi connectivity index (χ2n) is 11.0. The second-order valence-corrected chi connectivity index (χ2v) is 11.4. The summed E-state index contributed by atoms with van der Waals surface area (Å²) in [6, 6.07) is 12.3. The maximum Gasteiger partial charge on any atom is 0.317 e. The van der Waals surface area contributed by atoms with Crippen LogP contribution >= 0.6 is 11.6 Å². The summed E-state index contributed by atoms with van der Waals surface area (Å²) >= 11 is 6.44. The number of piperidine rings is 1. The van der Waals surface area contributed by atoms with E-state index in [1.807, 2.05) is 43.9 Å². The highest BCUT2D eigenvalue weighted by atomic mass is 35.5. The van der Waals surface area contributed by atoms with Gasteiger partial charge < -0.3 is 26.2 Å². The lowest BCUT2D eigenvalue weighted by Crippen LogP contribution is -2.44. The average Bonchev–Trinajstić information content (AvgIpc) is 3.18. The molecule has 3 aromatic rings. The van der Waals surface area contributed by atoms with Crippen LogP contribution in [0.3, 0.4) is 0 Å². The van der Waals surface area contributed by atoms with Gasteiger partial charge in [0.2, 0.25) is 11.9 Å². The van der Waals surface area contributed by atoms with Crippen molar-refractivity contribution in [2.24, 2.45) is 0 Å². The minimum Gasteiger partial charge on any atom is -0.365 e. The van der Waals surface area contributed by atoms with Crippen LogP contribution in [0.4, 0.5) is 27.9 Å². The number of nitrogens with zero attached hydrogens (tertiary/aromatic N) is 3. The molecule has 40 heavy (non-hydrogen) atoms.